The Morgan fingerprint density at radius 3 is 2.82 bits per heavy atom. The van der Waals surface area contributed by atoms with Gasteiger partial charge >= 0.3 is 0 Å². The van der Waals surface area contributed by atoms with E-state index in [0.717, 1.165) is 21.0 Å². The molecule has 2 nitrogen and oxygen atoms in total. The van der Waals surface area contributed by atoms with E-state index >= 15 is 0 Å². The van der Waals surface area contributed by atoms with E-state index in [1.807, 2.05) is 18.2 Å². The molecule has 4 heteroatoms. The number of halogens is 2. The third kappa shape index (κ3) is 5.38. The molecule has 1 aromatic carbocycles. The molecule has 0 fully saturated rings. The zero-order chi connectivity index (χ0) is 12.7. The van der Waals surface area contributed by atoms with Crippen LogP contribution in [0, 0.1) is 3.57 Å². The lowest BCUT2D eigenvalue weighted by Gasteiger charge is -2.07. The summed E-state index contributed by atoms with van der Waals surface area (Å²) in [7, 11) is 0. The van der Waals surface area contributed by atoms with Crippen molar-refractivity contribution < 1.29 is 4.79 Å². The van der Waals surface area contributed by atoms with Crippen molar-refractivity contribution in [2.24, 2.45) is 0 Å². The molecular formula is C13H17BrINO. The number of amides is 1. The molecule has 1 rings (SSSR count). The van der Waals surface area contributed by atoms with Gasteiger partial charge in [0.1, 0.15) is 0 Å². The van der Waals surface area contributed by atoms with Crippen molar-refractivity contribution in [3.8, 4) is 0 Å². The third-order valence-corrected chi connectivity index (χ3v) is 3.85. The maximum absolute atomic E-state index is 11.9. The van der Waals surface area contributed by atoms with Crippen LogP contribution in [0.25, 0.3) is 0 Å². The van der Waals surface area contributed by atoms with E-state index in [1.165, 1.54) is 19.3 Å². The van der Waals surface area contributed by atoms with Crippen LogP contribution in [0.15, 0.2) is 22.7 Å². The van der Waals surface area contributed by atoms with Crippen molar-refractivity contribution in [1.82, 2.24) is 5.32 Å². The van der Waals surface area contributed by atoms with E-state index in [0.29, 0.717) is 5.56 Å². The van der Waals surface area contributed by atoms with Crippen LogP contribution in [0.4, 0.5) is 0 Å². The molecule has 0 aromatic heterocycles. The molecule has 0 aliphatic carbocycles. The van der Waals surface area contributed by atoms with Gasteiger partial charge < -0.3 is 5.32 Å². The van der Waals surface area contributed by atoms with Gasteiger partial charge in [0.25, 0.3) is 5.91 Å². The number of carbonyl (C=O) groups excluding carboxylic acids is 1. The van der Waals surface area contributed by atoms with E-state index in [1.54, 1.807) is 0 Å². The van der Waals surface area contributed by atoms with Crippen LogP contribution in [-0.4, -0.2) is 12.5 Å². The minimum absolute atomic E-state index is 0.00638. The summed E-state index contributed by atoms with van der Waals surface area (Å²) in [6, 6.07) is 5.78. The van der Waals surface area contributed by atoms with E-state index in [-0.39, 0.29) is 5.91 Å². The summed E-state index contributed by atoms with van der Waals surface area (Å²) in [4.78, 5) is 11.9. The summed E-state index contributed by atoms with van der Waals surface area (Å²) in [5.74, 6) is 0.00638. The highest BCUT2D eigenvalue weighted by Crippen LogP contribution is 2.19. The van der Waals surface area contributed by atoms with E-state index < -0.39 is 0 Å². The number of benzene rings is 1. The Balaban J connectivity index is 2.44. The van der Waals surface area contributed by atoms with Gasteiger partial charge in [-0.3, -0.25) is 4.79 Å². The predicted molar refractivity (Wildman–Crippen MR) is 83.3 cm³/mol. The summed E-state index contributed by atoms with van der Waals surface area (Å²) in [5, 5.41) is 2.95. The van der Waals surface area contributed by atoms with Crippen LogP contribution in [0.5, 0.6) is 0 Å². The molecule has 0 aliphatic heterocycles. The van der Waals surface area contributed by atoms with Gasteiger partial charge in [0.2, 0.25) is 0 Å². The molecule has 0 atom stereocenters. The highest BCUT2D eigenvalue weighted by molar-refractivity contribution is 14.1. The van der Waals surface area contributed by atoms with E-state index in [4.69, 9.17) is 0 Å². The van der Waals surface area contributed by atoms with Crippen LogP contribution in [0.3, 0.4) is 0 Å². The summed E-state index contributed by atoms with van der Waals surface area (Å²) in [5.41, 5.74) is 0.715. The maximum atomic E-state index is 11.9. The summed E-state index contributed by atoms with van der Waals surface area (Å²) in [6.07, 6.45) is 4.70. The number of hydrogen-bond donors (Lipinski definition) is 1. The lowest BCUT2D eigenvalue weighted by Crippen LogP contribution is -2.24. The highest BCUT2D eigenvalue weighted by atomic mass is 127. The fraction of sp³-hybridized carbons (Fsp3) is 0.462. The first kappa shape index (κ1) is 15.0. The van der Waals surface area contributed by atoms with Gasteiger partial charge in [-0.15, -0.1) is 0 Å². The van der Waals surface area contributed by atoms with Gasteiger partial charge in [-0.1, -0.05) is 26.2 Å². The Labute approximate surface area is 125 Å². The highest BCUT2D eigenvalue weighted by Gasteiger charge is 2.09. The predicted octanol–water partition coefficient (Wildman–Crippen LogP) is 4.36. The Morgan fingerprint density at radius 1 is 1.35 bits per heavy atom. The average Bonchev–Trinajstić information content (AvgIpc) is 2.32. The molecule has 0 spiro atoms. The second-order valence-electron chi connectivity index (χ2n) is 3.94. The summed E-state index contributed by atoms with van der Waals surface area (Å²) >= 11 is 5.61. The Morgan fingerprint density at radius 2 is 2.12 bits per heavy atom. The fourth-order valence-electron chi connectivity index (χ4n) is 1.52. The zero-order valence-corrected chi connectivity index (χ0v) is 13.7. The van der Waals surface area contributed by atoms with Crippen molar-refractivity contribution in [2.45, 2.75) is 32.6 Å². The number of rotatable bonds is 6. The minimum Gasteiger partial charge on any atom is -0.352 e. The number of carbonyl (C=O) groups is 1. The van der Waals surface area contributed by atoms with Crippen LogP contribution in [-0.2, 0) is 0 Å². The van der Waals surface area contributed by atoms with Crippen molar-refractivity contribution in [2.75, 3.05) is 6.54 Å². The van der Waals surface area contributed by atoms with Gasteiger partial charge in [-0.25, -0.2) is 0 Å². The molecule has 1 aromatic rings. The molecule has 94 valence electrons. The third-order valence-electron chi connectivity index (χ3n) is 2.49. The van der Waals surface area contributed by atoms with Crippen LogP contribution in [0.2, 0.25) is 0 Å². The SMILES string of the molecule is CCCCCCNC(=O)c1cc(I)ccc1Br. The second kappa shape index (κ2) is 8.08. The molecule has 0 bridgehead atoms. The molecule has 1 amide bonds. The smallest absolute Gasteiger partial charge is 0.252 e. The number of hydrogen-bond acceptors (Lipinski definition) is 1. The Kier molecular flexibility index (Phi) is 7.11. The largest absolute Gasteiger partial charge is 0.352 e. The first-order valence-corrected chi connectivity index (χ1v) is 7.75. The molecule has 0 saturated carbocycles. The Hall–Kier alpha value is -0.100. The summed E-state index contributed by atoms with van der Waals surface area (Å²) in [6.45, 7) is 2.94. The molecule has 0 saturated heterocycles. The maximum Gasteiger partial charge on any atom is 0.252 e. The fourth-order valence-corrected chi connectivity index (χ4v) is 2.44. The van der Waals surface area contributed by atoms with Crippen LogP contribution >= 0.6 is 38.5 Å². The van der Waals surface area contributed by atoms with Gasteiger partial charge in [0.05, 0.1) is 5.56 Å². The number of unbranched alkanes of at least 4 members (excludes halogenated alkanes) is 3. The molecule has 0 radical (unpaired) electrons. The van der Waals surface area contributed by atoms with Crippen LogP contribution < -0.4 is 5.32 Å². The monoisotopic (exact) mass is 409 g/mol. The molecule has 17 heavy (non-hydrogen) atoms. The standard InChI is InChI=1S/C13H17BrINO/c1-2-3-4-5-8-16-13(17)11-9-10(15)6-7-12(11)14/h6-7,9H,2-5,8H2,1H3,(H,16,17). The van der Waals surface area contributed by atoms with Crippen molar-refractivity contribution in [3.05, 3.63) is 31.8 Å². The molecular weight excluding hydrogens is 393 g/mol. The van der Waals surface area contributed by atoms with Gasteiger partial charge in [0.15, 0.2) is 0 Å². The van der Waals surface area contributed by atoms with Crippen molar-refractivity contribution in [1.29, 1.82) is 0 Å². The number of nitrogens with one attached hydrogen (secondary N) is 1. The lowest BCUT2D eigenvalue weighted by atomic mass is 10.2. The van der Waals surface area contributed by atoms with Crippen molar-refractivity contribution in [3.63, 3.8) is 0 Å². The van der Waals surface area contributed by atoms with Gasteiger partial charge in [0, 0.05) is 14.6 Å². The van der Waals surface area contributed by atoms with Crippen molar-refractivity contribution >= 4 is 44.4 Å². The summed E-state index contributed by atoms with van der Waals surface area (Å²) < 4.78 is 1.92. The van der Waals surface area contributed by atoms with Gasteiger partial charge in [-0.05, 0) is 63.1 Å². The Bertz CT molecular complexity index is 382. The normalized spacial score (nSPS) is 10.3. The van der Waals surface area contributed by atoms with E-state index in [9.17, 15) is 4.79 Å². The first-order chi connectivity index (χ1) is 8.15. The van der Waals surface area contributed by atoms with Crippen LogP contribution in [0.1, 0.15) is 43.0 Å². The topological polar surface area (TPSA) is 29.1 Å². The molecule has 1 N–H and O–H groups in total. The zero-order valence-electron chi connectivity index (χ0n) is 9.93. The molecule has 0 aliphatic rings. The van der Waals surface area contributed by atoms with Gasteiger partial charge in [-0.2, -0.15) is 0 Å². The molecule has 0 unspecified atom stereocenters. The molecule has 0 heterocycles. The second-order valence-corrected chi connectivity index (χ2v) is 6.04. The quantitative estimate of drug-likeness (QED) is 0.548. The lowest BCUT2D eigenvalue weighted by molar-refractivity contribution is 0.0952. The average molecular weight is 410 g/mol. The minimum atomic E-state index is 0.00638. The first-order valence-electron chi connectivity index (χ1n) is 5.88. The van der Waals surface area contributed by atoms with E-state index in [2.05, 4.69) is 50.8 Å².